The van der Waals surface area contributed by atoms with Gasteiger partial charge in [0.15, 0.2) is 0 Å². The average Bonchev–Trinajstić information content (AvgIpc) is 1.30. The van der Waals surface area contributed by atoms with E-state index in [-0.39, 0.29) is 38.0 Å². The summed E-state index contributed by atoms with van der Waals surface area (Å²) in [6, 6.07) is 0. The summed E-state index contributed by atoms with van der Waals surface area (Å²) in [6.07, 6.45) is 0. The van der Waals surface area contributed by atoms with Crippen LogP contribution in [0.4, 0.5) is 0 Å². The number of rotatable bonds is 2. The predicted octanol–water partition coefficient (Wildman–Crippen LogP) is -1.15. The molecule has 0 aromatic rings. The Labute approximate surface area is 72.8 Å². The summed E-state index contributed by atoms with van der Waals surface area (Å²) in [6.45, 7) is 1.44. The van der Waals surface area contributed by atoms with Crippen molar-refractivity contribution in [3.63, 3.8) is 0 Å². The summed E-state index contributed by atoms with van der Waals surface area (Å²) in [5, 5.41) is 0. The first kappa shape index (κ1) is 16.3. The maximum Gasteiger partial charge on any atom is 2.00 e. The summed E-state index contributed by atoms with van der Waals surface area (Å²) < 4.78 is 30.7. The largest absolute Gasteiger partial charge is 2.00 e. The van der Waals surface area contributed by atoms with Crippen LogP contribution < -0.4 is 0 Å². The molecule has 0 spiro atoms. The van der Waals surface area contributed by atoms with Gasteiger partial charge >= 0.3 is 33.5 Å². The van der Waals surface area contributed by atoms with E-state index in [1.807, 2.05) is 0 Å². The molecule has 0 atom stereocenters. The van der Waals surface area contributed by atoms with Gasteiger partial charge in [0.05, 0.1) is 6.61 Å². The molecular weight excluding hydrogens is 160 g/mol. The first-order chi connectivity index (χ1) is 3.06. The summed E-state index contributed by atoms with van der Waals surface area (Å²) >= 11 is 0. The fourth-order valence-electron chi connectivity index (χ4n) is 0.149. The molecule has 0 unspecified atom stereocenters. The van der Waals surface area contributed by atoms with E-state index >= 15 is 0 Å². The zero-order chi connectivity index (χ0) is 5.91. The molecule has 5 nitrogen and oxygen atoms in total. The second kappa shape index (κ2) is 6.71. The Bertz CT molecular complexity index is 135. The van der Waals surface area contributed by atoms with Crippen molar-refractivity contribution in [2.75, 3.05) is 6.61 Å². The molecule has 0 aliphatic rings. The Hall–Kier alpha value is 0.596. The standard InChI is InChI=1S/C2H6O4S.Mg.H2O.2H/c1-2-6-7(3,4)5;;;;/h2H2,1H3,(H,3,4,5);;1H2;;/q;+2;;2*-1. The molecule has 0 amide bonds. The van der Waals surface area contributed by atoms with Crippen molar-refractivity contribution >= 4 is 33.5 Å². The minimum absolute atomic E-state index is 0. The minimum atomic E-state index is -4.17. The van der Waals surface area contributed by atoms with Gasteiger partial charge in [-0.2, -0.15) is 8.42 Å². The van der Waals surface area contributed by atoms with Crippen molar-refractivity contribution in [1.29, 1.82) is 0 Å². The molecule has 0 fully saturated rings. The quantitative estimate of drug-likeness (QED) is 0.418. The van der Waals surface area contributed by atoms with Crippen LogP contribution in [0.3, 0.4) is 0 Å². The molecule has 0 bridgehead atoms. The second-order valence-electron chi connectivity index (χ2n) is 0.834. The van der Waals surface area contributed by atoms with Crippen molar-refractivity contribution in [2.45, 2.75) is 6.92 Å². The molecule has 0 aliphatic heterocycles. The van der Waals surface area contributed by atoms with Gasteiger partial charge in [-0.25, -0.2) is 4.18 Å². The zero-order valence-electron chi connectivity index (χ0n) is 6.99. The monoisotopic (exact) mass is 170 g/mol. The Balaban J connectivity index is -0.0000000300. The molecule has 0 saturated carbocycles. The molecule has 7 heteroatoms. The van der Waals surface area contributed by atoms with Crippen LogP contribution in [0.5, 0.6) is 0 Å². The van der Waals surface area contributed by atoms with Gasteiger partial charge in [0, 0.05) is 0 Å². The van der Waals surface area contributed by atoms with E-state index < -0.39 is 10.4 Å². The summed E-state index contributed by atoms with van der Waals surface area (Å²) in [4.78, 5) is 0. The minimum Gasteiger partial charge on any atom is -1.00 e. The fraction of sp³-hybridized carbons (Fsp3) is 1.00. The van der Waals surface area contributed by atoms with Crippen molar-refractivity contribution in [3.8, 4) is 0 Å². The van der Waals surface area contributed by atoms with Crippen molar-refractivity contribution in [2.24, 2.45) is 0 Å². The van der Waals surface area contributed by atoms with Gasteiger partial charge in [-0.1, -0.05) is 0 Å². The van der Waals surface area contributed by atoms with Crippen LogP contribution in [-0.4, -0.2) is 48.1 Å². The van der Waals surface area contributed by atoms with Gasteiger partial charge in [-0.3, -0.25) is 4.55 Å². The van der Waals surface area contributed by atoms with Crippen LogP contribution in [0.25, 0.3) is 0 Å². The van der Waals surface area contributed by atoms with Crippen molar-refractivity contribution in [3.05, 3.63) is 0 Å². The molecule has 0 rings (SSSR count). The van der Waals surface area contributed by atoms with Crippen LogP contribution in [0.1, 0.15) is 9.78 Å². The van der Waals surface area contributed by atoms with Crippen LogP contribution in [0.15, 0.2) is 0 Å². The van der Waals surface area contributed by atoms with Gasteiger partial charge in [0.1, 0.15) is 0 Å². The summed E-state index contributed by atoms with van der Waals surface area (Å²) in [5.41, 5.74) is 0. The molecule has 0 heterocycles. The summed E-state index contributed by atoms with van der Waals surface area (Å²) in [5.74, 6) is 0. The second-order valence-corrected chi connectivity index (χ2v) is 1.93. The molecule has 0 aliphatic carbocycles. The van der Waals surface area contributed by atoms with Crippen LogP contribution in [0, 0.1) is 0 Å². The fourth-order valence-corrected chi connectivity index (χ4v) is 0.447. The van der Waals surface area contributed by atoms with E-state index in [0.29, 0.717) is 0 Å². The van der Waals surface area contributed by atoms with E-state index in [0.717, 1.165) is 0 Å². The Morgan fingerprint density at radius 2 is 2.00 bits per heavy atom. The maximum atomic E-state index is 9.56. The van der Waals surface area contributed by atoms with Crippen LogP contribution >= 0.6 is 0 Å². The summed E-state index contributed by atoms with van der Waals surface area (Å²) in [7, 11) is -4.17. The van der Waals surface area contributed by atoms with Crippen LogP contribution in [0.2, 0.25) is 0 Å². The normalized spacial score (nSPS) is 9.11. The first-order valence-electron chi connectivity index (χ1n) is 1.68. The van der Waals surface area contributed by atoms with Gasteiger partial charge < -0.3 is 8.33 Å². The van der Waals surface area contributed by atoms with Crippen molar-refractivity contribution in [1.82, 2.24) is 0 Å². The molecule has 3 N–H and O–H groups in total. The molecule has 0 aromatic carbocycles. The first-order valence-corrected chi connectivity index (χ1v) is 3.04. The molecular formula is C2H10MgO5S. The molecule has 0 aromatic heterocycles. The number of hydrogen-bond donors (Lipinski definition) is 1. The van der Waals surface area contributed by atoms with E-state index in [2.05, 4.69) is 4.18 Å². The average molecular weight is 170 g/mol. The SMILES string of the molecule is CCOS(=O)(=O)O.O.[H-].[H-].[Mg+2]. The van der Waals surface area contributed by atoms with Gasteiger partial charge in [-0.15, -0.1) is 0 Å². The third kappa shape index (κ3) is 17.7. The van der Waals surface area contributed by atoms with Crippen LogP contribution in [-0.2, 0) is 14.6 Å². The van der Waals surface area contributed by atoms with E-state index in [1.54, 1.807) is 0 Å². The topological polar surface area (TPSA) is 95.1 Å². The van der Waals surface area contributed by atoms with Gasteiger partial charge in [0.25, 0.3) is 0 Å². The molecule has 56 valence electrons. The third-order valence-corrected chi connectivity index (χ3v) is 0.800. The zero-order valence-corrected chi connectivity index (χ0v) is 7.23. The molecule has 0 saturated heterocycles. The van der Waals surface area contributed by atoms with Crippen molar-refractivity contribution < 1.29 is 25.5 Å². The Morgan fingerprint density at radius 3 is 2.00 bits per heavy atom. The van der Waals surface area contributed by atoms with Gasteiger partial charge in [-0.05, 0) is 6.92 Å². The van der Waals surface area contributed by atoms with E-state index in [9.17, 15) is 8.42 Å². The molecule has 9 heavy (non-hydrogen) atoms. The molecule has 0 radical (unpaired) electrons. The Kier molecular flexibility index (Phi) is 12.2. The number of hydrogen-bond acceptors (Lipinski definition) is 3. The predicted molar refractivity (Wildman–Crippen MR) is 34.8 cm³/mol. The maximum absolute atomic E-state index is 9.56. The van der Waals surface area contributed by atoms with E-state index in [4.69, 9.17) is 4.55 Å². The van der Waals surface area contributed by atoms with Gasteiger partial charge in [0.2, 0.25) is 0 Å². The third-order valence-electron chi connectivity index (χ3n) is 0.267. The van der Waals surface area contributed by atoms with E-state index in [1.165, 1.54) is 6.92 Å². The Morgan fingerprint density at radius 1 is 1.67 bits per heavy atom. The smallest absolute Gasteiger partial charge is 1.00 e.